The third kappa shape index (κ3) is 2.56. The van der Waals surface area contributed by atoms with Crippen molar-refractivity contribution in [1.82, 2.24) is 9.88 Å². The van der Waals surface area contributed by atoms with Gasteiger partial charge >= 0.3 is 5.97 Å². The molecule has 3 heterocycles. The minimum absolute atomic E-state index is 0.261. The molecule has 2 aliphatic heterocycles. The van der Waals surface area contributed by atoms with Crippen LogP contribution in [0.25, 0.3) is 0 Å². The molecule has 0 spiro atoms. The number of piperidine rings is 1. The number of nitrogens with zero attached hydrogens (tertiary/aromatic N) is 2. The number of anilines is 1. The van der Waals surface area contributed by atoms with Gasteiger partial charge in [-0.2, -0.15) is 0 Å². The maximum Gasteiger partial charge on any atom is 0.339 e. The zero-order valence-corrected chi connectivity index (χ0v) is 10.9. The van der Waals surface area contributed by atoms with Gasteiger partial charge in [0.25, 0.3) is 0 Å². The van der Waals surface area contributed by atoms with Crippen LogP contribution in [0.3, 0.4) is 0 Å². The molecule has 1 aromatic heterocycles. The molecule has 2 saturated heterocycles. The highest BCUT2D eigenvalue weighted by Gasteiger charge is 2.32. The van der Waals surface area contributed by atoms with Crippen molar-refractivity contribution in [2.45, 2.75) is 37.8 Å². The molecule has 2 fully saturated rings. The zero-order valence-electron chi connectivity index (χ0n) is 10.9. The fourth-order valence-corrected chi connectivity index (χ4v) is 3.24. The first-order chi connectivity index (χ1) is 9.24. The summed E-state index contributed by atoms with van der Waals surface area (Å²) in [5, 5.41) is 12.5. The van der Waals surface area contributed by atoms with Crippen molar-refractivity contribution in [3.05, 3.63) is 23.9 Å². The molecule has 0 bridgehead atoms. The summed E-state index contributed by atoms with van der Waals surface area (Å²) in [4.78, 5) is 17.9. The molecular weight excluding hydrogens is 242 g/mol. The molecule has 102 valence electrons. The molecule has 0 radical (unpaired) electrons. The summed E-state index contributed by atoms with van der Waals surface area (Å²) in [5.41, 5.74) is 0.261. The fraction of sp³-hybridized carbons (Fsp3) is 0.571. The largest absolute Gasteiger partial charge is 0.478 e. The number of nitrogens with one attached hydrogen (secondary N) is 1. The van der Waals surface area contributed by atoms with Crippen LogP contribution >= 0.6 is 0 Å². The Labute approximate surface area is 112 Å². The molecule has 2 aliphatic rings. The third-order valence-electron chi connectivity index (χ3n) is 4.20. The van der Waals surface area contributed by atoms with E-state index in [0.717, 1.165) is 19.4 Å². The van der Waals surface area contributed by atoms with Gasteiger partial charge in [-0.1, -0.05) is 0 Å². The normalized spacial score (nSPS) is 26.9. The number of aromatic carboxylic acids is 1. The Morgan fingerprint density at radius 1 is 1.42 bits per heavy atom. The summed E-state index contributed by atoms with van der Waals surface area (Å²) in [6, 6.07) is 4.27. The molecule has 5 heteroatoms. The van der Waals surface area contributed by atoms with Crippen LogP contribution in [-0.4, -0.2) is 46.1 Å². The number of aromatic nitrogens is 1. The predicted octanol–water partition coefficient (Wildman–Crippen LogP) is 1.82. The molecular formula is C14H19N3O2. The monoisotopic (exact) mass is 261 g/mol. The highest BCUT2D eigenvalue weighted by molar-refractivity contribution is 5.93. The number of fused-ring (bicyclic) bond motifs is 1. The maximum atomic E-state index is 11.2. The van der Waals surface area contributed by atoms with Crippen LogP contribution in [0, 0.1) is 0 Å². The van der Waals surface area contributed by atoms with Gasteiger partial charge in [-0.05, 0) is 44.4 Å². The van der Waals surface area contributed by atoms with Crippen molar-refractivity contribution in [2.75, 3.05) is 18.4 Å². The summed E-state index contributed by atoms with van der Waals surface area (Å²) < 4.78 is 0. The van der Waals surface area contributed by atoms with E-state index in [2.05, 4.69) is 15.2 Å². The van der Waals surface area contributed by atoms with Gasteiger partial charge in [-0.3, -0.25) is 0 Å². The average Bonchev–Trinajstić information content (AvgIpc) is 2.86. The average molecular weight is 261 g/mol. The van der Waals surface area contributed by atoms with Gasteiger partial charge in [0.1, 0.15) is 11.4 Å². The predicted molar refractivity (Wildman–Crippen MR) is 72.4 cm³/mol. The Bertz CT molecular complexity index is 478. The SMILES string of the molecule is O=C(O)c1cccnc1NC1CCN2CCCC2C1. The summed E-state index contributed by atoms with van der Waals surface area (Å²) in [6.45, 7) is 2.33. The lowest BCUT2D eigenvalue weighted by Gasteiger charge is -2.35. The molecule has 0 amide bonds. The van der Waals surface area contributed by atoms with E-state index in [-0.39, 0.29) is 5.56 Å². The van der Waals surface area contributed by atoms with Crippen molar-refractivity contribution >= 4 is 11.8 Å². The Hall–Kier alpha value is -1.62. The number of carboxylic acids is 1. The Morgan fingerprint density at radius 2 is 2.32 bits per heavy atom. The lowest BCUT2D eigenvalue weighted by Crippen LogP contribution is -2.43. The Morgan fingerprint density at radius 3 is 3.16 bits per heavy atom. The van der Waals surface area contributed by atoms with Crippen molar-refractivity contribution in [3.8, 4) is 0 Å². The minimum atomic E-state index is -0.922. The standard InChI is InChI=1S/C14H19N3O2/c18-14(19)12-4-1-6-15-13(12)16-10-5-8-17-7-2-3-11(17)9-10/h1,4,6,10-11H,2-3,5,7-9H2,(H,15,16)(H,18,19). The molecule has 19 heavy (non-hydrogen) atoms. The summed E-state index contributed by atoms with van der Waals surface area (Å²) in [6.07, 6.45) is 6.36. The lowest BCUT2D eigenvalue weighted by molar-refractivity contribution is 0.0697. The maximum absolute atomic E-state index is 11.2. The van der Waals surface area contributed by atoms with Crippen molar-refractivity contribution in [1.29, 1.82) is 0 Å². The fourth-order valence-electron chi connectivity index (χ4n) is 3.24. The molecule has 3 rings (SSSR count). The van der Waals surface area contributed by atoms with E-state index in [9.17, 15) is 4.79 Å². The number of rotatable bonds is 3. The summed E-state index contributed by atoms with van der Waals surface area (Å²) >= 11 is 0. The van der Waals surface area contributed by atoms with Crippen LogP contribution < -0.4 is 5.32 Å². The smallest absolute Gasteiger partial charge is 0.339 e. The molecule has 2 N–H and O–H groups in total. The number of hydrogen-bond acceptors (Lipinski definition) is 4. The van der Waals surface area contributed by atoms with Gasteiger partial charge in [-0.25, -0.2) is 9.78 Å². The highest BCUT2D eigenvalue weighted by Crippen LogP contribution is 2.28. The summed E-state index contributed by atoms with van der Waals surface area (Å²) in [7, 11) is 0. The number of pyridine rings is 1. The molecule has 2 atom stereocenters. The van der Waals surface area contributed by atoms with Crippen LogP contribution in [0.5, 0.6) is 0 Å². The van der Waals surface area contributed by atoms with Gasteiger partial charge in [0.2, 0.25) is 0 Å². The van der Waals surface area contributed by atoms with E-state index in [0.29, 0.717) is 17.9 Å². The van der Waals surface area contributed by atoms with Gasteiger partial charge in [-0.15, -0.1) is 0 Å². The van der Waals surface area contributed by atoms with E-state index in [1.165, 1.54) is 19.4 Å². The van der Waals surface area contributed by atoms with Gasteiger partial charge in [0.05, 0.1) is 0 Å². The molecule has 0 saturated carbocycles. The van der Waals surface area contributed by atoms with Crippen LogP contribution in [0.4, 0.5) is 5.82 Å². The van der Waals surface area contributed by atoms with E-state index >= 15 is 0 Å². The third-order valence-corrected chi connectivity index (χ3v) is 4.20. The van der Waals surface area contributed by atoms with Crippen LogP contribution in [0.15, 0.2) is 18.3 Å². The van der Waals surface area contributed by atoms with Crippen molar-refractivity contribution in [2.24, 2.45) is 0 Å². The second-order valence-electron chi connectivity index (χ2n) is 5.40. The van der Waals surface area contributed by atoms with E-state index in [1.54, 1.807) is 18.3 Å². The molecule has 5 nitrogen and oxygen atoms in total. The van der Waals surface area contributed by atoms with Crippen LogP contribution in [-0.2, 0) is 0 Å². The number of hydrogen-bond donors (Lipinski definition) is 2. The molecule has 0 aromatic carbocycles. The van der Waals surface area contributed by atoms with E-state index < -0.39 is 5.97 Å². The molecule has 2 unspecified atom stereocenters. The van der Waals surface area contributed by atoms with Gasteiger partial charge < -0.3 is 15.3 Å². The quantitative estimate of drug-likeness (QED) is 0.869. The first kappa shape index (κ1) is 12.4. The Balaban J connectivity index is 1.70. The summed E-state index contributed by atoms with van der Waals surface area (Å²) in [5.74, 6) is -0.416. The zero-order chi connectivity index (χ0) is 13.2. The second kappa shape index (κ2) is 5.17. The highest BCUT2D eigenvalue weighted by atomic mass is 16.4. The van der Waals surface area contributed by atoms with Crippen molar-refractivity contribution in [3.63, 3.8) is 0 Å². The first-order valence-electron chi connectivity index (χ1n) is 6.93. The molecule has 1 aromatic rings. The van der Waals surface area contributed by atoms with Crippen molar-refractivity contribution < 1.29 is 9.90 Å². The topological polar surface area (TPSA) is 65.5 Å². The first-order valence-corrected chi connectivity index (χ1v) is 6.93. The minimum Gasteiger partial charge on any atom is -0.478 e. The van der Waals surface area contributed by atoms with E-state index in [1.807, 2.05) is 0 Å². The lowest BCUT2D eigenvalue weighted by atomic mass is 9.97. The van der Waals surface area contributed by atoms with E-state index in [4.69, 9.17) is 5.11 Å². The van der Waals surface area contributed by atoms with Crippen LogP contribution in [0.2, 0.25) is 0 Å². The number of carbonyl (C=O) groups is 1. The van der Waals surface area contributed by atoms with Gasteiger partial charge in [0, 0.05) is 24.8 Å². The van der Waals surface area contributed by atoms with Crippen LogP contribution in [0.1, 0.15) is 36.0 Å². The van der Waals surface area contributed by atoms with Gasteiger partial charge in [0.15, 0.2) is 0 Å². The Kier molecular flexibility index (Phi) is 3.38. The molecule has 0 aliphatic carbocycles. The number of carboxylic acid groups (broad SMARTS) is 1. The second-order valence-corrected chi connectivity index (χ2v) is 5.40.